The van der Waals surface area contributed by atoms with Crippen LogP contribution in [0.1, 0.15) is 31.4 Å². The third kappa shape index (κ3) is 3.64. The molecule has 1 aliphatic carbocycles. The van der Waals surface area contributed by atoms with Crippen LogP contribution in [0, 0.1) is 11.8 Å². The van der Waals surface area contributed by atoms with Gasteiger partial charge in [0.1, 0.15) is 0 Å². The molecule has 1 aliphatic heterocycles. The Balaban J connectivity index is 1.60. The number of carbonyl (C=O) groups is 1. The van der Waals surface area contributed by atoms with E-state index in [1.54, 1.807) is 24.3 Å². The average Bonchev–Trinajstić information content (AvgIpc) is 2.98. The summed E-state index contributed by atoms with van der Waals surface area (Å²) in [5.41, 5.74) is 0.897. The minimum absolute atomic E-state index is 0.0379. The highest BCUT2D eigenvalue weighted by molar-refractivity contribution is 7.90. The minimum atomic E-state index is -3.20. The average molecular weight is 348 g/mol. The second kappa shape index (κ2) is 6.59. The lowest BCUT2D eigenvalue weighted by atomic mass is 9.86. The van der Waals surface area contributed by atoms with Crippen LogP contribution in [0.2, 0.25) is 0 Å². The highest BCUT2D eigenvalue weighted by Gasteiger charge is 2.35. The van der Waals surface area contributed by atoms with Gasteiger partial charge in [-0.05, 0) is 49.3 Å². The molecule has 0 radical (unpaired) electrons. The van der Waals surface area contributed by atoms with E-state index >= 15 is 0 Å². The Hall–Kier alpha value is -1.82. The van der Waals surface area contributed by atoms with Crippen LogP contribution in [0.25, 0.3) is 0 Å². The van der Waals surface area contributed by atoms with Gasteiger partial charge in [-0.1, -0.05) is 24.3 Å². The van der Waals surface area contributed by atoms with Gasteiger partial charge >= 0.3 is 6.03 Å². The molecule has 130 valence electrons. The SMILES string of the molecule is C[C@H](NC(=O)N1C[C@H]2CC=CC[C@H]2C1)c1ccc(S(C)(=O)=O)cc1. The Morgan fingerprint density at radius 3 is 2.17 bits per heavy atom. The van der Waals surface area contributed by atoms with Crippen molar-refractivity contribution in [3.63, 3.8) is 0 Å². The van der Waals surface area contributed by atoms with Gasteiger partial charge in [-0.15, -0.1) is 0 Å². The molecule has 0 aromatic heterocycles. The molecule has 3 atom stereocenters. The zero-order valence-electron chi connectivity index (χ0n) is 14.1. The topological polar surface area (TPSA) is 66.5 Å². The maximum Gasteiger partial charge on any atom is 0.317 e. The molecule has 2 aliphatic rings. The maximum atomic E-state index is 12.5. The third-order valence-corrected chi connectivity index (χ3v) is 6.18. The second-order valence-corrected chi connectivity index (χ2v) is 8.90. The lowest BCUT2D eigenvalue weighted by Crippen LogP contribution is -2.39. The fourth-order valence-corrected chi connectivity index (χ4v) is 4.17. The van der Waals surface area contributed by atoms with Crippen LogP contribution >= 0.6 is 0 Å². The van der Waals surface area contributed by atoms with E-state index in [4.69, 9.17) is 0 Å². The first-order valence-corrected chi connectivity index (χ1v) is 10.2. The molecule has 6 heteroatoms. The predicted molar refractivity (Wildman–Crippen MR) is 93.4 cm³/mol. The van der Waals surface area contributed by atoms with Crippen molar-refractivity contribution in [2.24, 2.45) is 11.8 Å². The number of hydrogen-bond donors (Lipinski definition) is 1. The molecule has 1 aromatic carbocycles. The molecule has 1 N–H and O–H groups in total. The van der Waals surface area contributed by atoms with Gasteiger partial charge in [0, 0.05) is 19.3 Å². The van der Waals surface area contributed by atoms with E-state index < -0.39 is 9.84 Å². The molecule has 5 nitrogen and oxygen atoms in total. The molecule has 1 fully saturated rings. The zero-order chi connectivity index (χ0) is 17.3. The summed E-state index contributed by atoms with van der Waals surface area (Å²) in [7, 11) is -3.20. The standard InChI is InChI=1S/C18H24N2O3S/c1-13(14-7-9-17(10-8-14)24(2,22)23)19-18(21)20-11-15-5-3-4-6-16(15)12-20/h3-4,7-10,13,15-16H,5-6,11-12H2,1-2H3,(H,19,21)/t13-,15-,16+/m0/s1. The van der Waals surface area contributed by atoms with Gasteiger partial charge in [0.05, 0.1) is 10.9 Å². The van der Waals surface area contributed by atoms with Crippen molar-refractivity contribution in [3.8, 4) is 0 Å². The number of likely N-dealkylation sites (tertiary alicyclic amines) is 1. The number of nitrogens with one attached hydrogen (secondary N) is 1. The number of benzene rings is 1. The highest BCUT2D eigenvalue weighted by atomic mass is 32.2. The van der Waals surface area contributed by atoms with E-state index in [0.717, 1.165) is 31.5 Å². The van der Waals surface area contributed by atoms with Crippen LogP contribution in [0.15, 0.2) is 41.3 Å². The number of fused-ring (bicyclic) bond motifs is 1. The van der Waals surface area contributed by atoms with E-state index in [2.05, 4.69) is 17.5 Å². The van der Waals surface area contributed by atoms with E-state index in [9.17, 15) is 13.2 Å². The summed E-state index contributed by atoms with van der Waals surface area (Å²) in [6, 6.07) is 6.49. The van der Waals surface area contributed by atoms with Crippen molar-refractivity contribution < 1.29 is 13.2 Å². The fourth-order valence-electron chi connectivity index (χ4n) is 3.54. The Bertz CT molecular complexity index is 724. The van der Waals surface area contributed by atoms with Crippen LogP contribution in [0.5, 0.6) is 0 Å². The lowest BCUT2D eigenvalue weighted by molar-refractivity contribution is 0.203. The Kier molecular flexibility index (Phi) is 4.67. The van der Waals surface area contributed by atoms with Crippen molar-refractivity contribution in [1.82, 2.24) is 10.2 Å². The molecule has 2 amide bonds. The highest BCUT2D eigenvalue weighted by Crippen LogP contribution is 2.32. The lowest BCUT2D eigenvalue weighted by Gasteiger charge is -2.21. The molecule has 0 saturated carbocycles. The van der Waals surface area contributed by atoms with Crippen LogP contribution in [0.4, 0.5) is 4.79 Å². The summed E-state index contributed by atoms with van der Waals surface area (Å²) < 4.78 is 23.0. The second-order valence-electron chi connectivity index (χ2n) is 6.88. The molecule has 0 unspecified atom stereocenters. The van der Waals surface area contributed by atoms with Crippen LogP contribution < -0.4 is 5.32 Å². The molecule has 0 bridgehead atoms. The maximum absolute atomic E-state index is 12.5. The number of carbonyl (C=O) groups excluding carboxylic acids is 1. The van der Waals surface area contributed by atoms with Crippen molar-refractivity contribution in [1.29, 1.82) is 0 Å². The van der Waals surface area contributed by atoms with Crippen LogP contribution in [-0.2, 0) is 9.84 Å². The van der Waals surface area contributed by atoms with Gasteiger partial charge < -0.3 is 10.2 Å². The molecule has 1 saturated heterocycles. The summed E-state index contributed by atoms with van der Waals surface area (Å²) in [4.78, 5) is 14.7. The third-order valence-electron chi connectivity index (χ3n) is 5.06. The van der Waals surface area contributed by atoms with Crippen molar-refractivity contribution in [3.05, 3.63) is 42.0 Å². The summed E-state index contributed by atoms with van der Waals surface area (Å²) in [5.74, 6) is 1.18. The Morgan fingerprint density at radius 2 is 1.67 bits per heavy atom. The van der Waals surface area contributed by atoms with Crippen molar-refractivity contribution in [2.45, 2.75) is 30.7 Å². The Labute approximate surface area is 143 Å². The molecule has 3 rings (SSSR count). The van der Waals surface area contributed by atoms with E-state index in [0.29, 0.717) is 16.7 Å². The van der Waals surface area contributed by atoms with E-state index in [1.165, 1.54) is 6.26 Å². The fraction of sp³-hybridized carbons (Fsp3) is 0.500. The first kappa shape index (κ1) is 17.0. The first-order valence-electron chi connectivity index (χ1n) is 8.35. The number of sulfone groups is 1. The first-order chi connectivity index (χ1) is 11.3. The number of allylic oxidation sites excluding steroid dienone is 2. The monoisotopic (exact) mass is 348 g/mol. The van der Waals surface area contributed by atoms with Crippen molar-refractivity contribution >= 4 is 15.9 Å². The van der Waals surface area contributed by atoms with Crippen LogP contribution in [0.3, 0.4) is 0 Å². The zero-order valence-corrected chi connectivity index (χ0v) is 14.9. The smallest absolute Gasteiger partial charge is 0.317 e. The van der Waals surface area contributed by atoms with Gasteiger partial charge in [0.2, 0.25) is 0 Å². The molecule has 1 aromatic rings. The molecule has 0 spiro atoms. The van der Waals surface area contributed by atoms with Gasteiger partial charge in [-0.25, -0.2) is 13.2 Å². The normalized spacial score (nSPS) is 24.5. The van der Waals surface area contributed by atoms with Crippen LogP contribution in [-0.4, -0.2) is 38.7 Å². The summed E-state index contributed by atoms with van der Waals surface area (Å²) in [6.45, 7) is 3.55. The Morgan fingerprint density at radius 1 is 1.12 bits per heavy atom. The quantitative estimate of drug-likeness (QED) is 0.854. The van der Waals surface area contributed by atoms with E-state index in [1.807, 2.05) is 11.8 Å². The van der Waals surface area contributed by atoms with Gasteiger partial charge in [0.15, 0.2) is 9.84 Å². The molecular formula is C18H24N2O3S. The van der Waals surface area contributed by atoms with Gasteiger partial charge in [-0.2, -0.15) is 0 Å². The number of hydrogen-bond acceptors (Lipinski definition) is 3. The number of rotatable bonds is 3. The van der Waals surface area contributed by atoms with E-state index in [-0.39, 0.29) is 12.1 Å². The molecule has 1 heterocycles. The number of urea groups is 1. The number of amides is 2. The summed E-state index contributed by atoms with van der Waals surface area (Å²) in [5, 5.41) is 3.02. The van der Waals surface area contributed by atoms with Gasteiger partial charge in [0.25, 0.3) is 0 Å². The number of nitrogens with zero attached hydrogens (tertiary/aromatic N) is 1. The largest absolute Gasteiger partial charge is 0.331 e. The molecule has 24 heavy (non-hydrogen) atoms. The molecular weight excluding hydrogens is 324 g/mol. The summed E-state index contributed by atoms with van der Waals surface area (Å²) >= 11 is 0. The van der Waals surface area contributed by atoms with Gasteiger partial charge in [-0.3, -0.25) is 0 Å². The summed E-state index contributed by atoms with van der Waals surface area (Å²) in [6.07, 6.45) is 7.76. The van der Waals surface area contributed by atoms with Crippen molar-refractivity contribution in [2.75, 3.05) is 19.3 Å². The minimum Gasteiger partial charge on any atom is -0.331 e. The predicted octanol–water partition coefficient (Wildman–Crippen LogP) is 2.76.